The SMILES string of the molecule is CC(C)c1nnc(NC(=O)c2ccc(NC(=O)NC3CC3)cc2)s1. The lowest BCUT2D eigenvalue weighted by molar-refractivity contribution is 0.102. The number of nitrogens with zero attached hydrogens (tertiary/aromatic N) is 2. The molecule has 2 aromatic rings. The maximum Gasteiger partial charge on any atom is 0.319 e. The Hall–Kier alpha value is -2.48. The average Bonchev–Trinajstić information content (AvgIpc) is 3.22. The van der Waals surface area contributed by atoms with Gasteiger partial charge in [-0.2, -0.15) is 0 Å². The minimum atomic E-state index is -0.254. The summed E-state index contributed by atoms with van der Waals surface area (Å²) >= 11 is 1.37. The van der Waals surface area contributed by atoms with Crippen molar-refractivity contribution in [1.29, 1.82) is 0 Å². The molecule has 8 heteroatoms. The van der Waals surface area contributed by atoms with Gasteiger partial charge in [0.1, 0.15) is 5.01 Å². The zero-order chi connectivity index (χ0) is 17.1. The third-order valence-electron chi connectivity index (χ3n) is 3.47. The van der Waals surface area contributed by atoms with Crippen LogP contribution in [0.1, 0.15) is 48.0 Å². The molecule has 0 aliphatic heterocycles. The molecule has 1 fully saturated rings. The summed E-state index contributed by atoms with van der Waals surface area (Å²) in [5.74, 6) is 0.0238. The Kier molecular flexibility index (Phi) is 4.75. The zero-order valence-corrected chi connectivity index (χ0v) is 14.3. The van der Waals surface area contributed by atoms with Crippen LogP contribution in [-0.2, 0) is 0 Å². The maximum absolute atomic E-state index is 12.2. The number of rotatable bonds is 5. The monoisotopic (exact) mass is 345 g/mol. The molecule has 0 saturated heterocycles. The fourth-order valence-corrected chi connectivity index (χ4v) is 2.71. The van der Waals surface area contributed by atoms with Crippen molar-refractivity contribution in [2.75, 3.05) is 10.6 Å². The highest BCUT2D eigenvalue weighted by Gasteiger charge is 2.23. The van der Waals surface area contributed by atoms with Crippen LogP contribution < -0.4 is 16.0 Å². The number of carbonyl (C=O) groups excluding carboxylic acids is 2. The number of urea groups is 1. The number of anilines is 2. The Morgan fingerprint density at radius 3 is 2.42 bits per heavy atom. The lowest BCUT2D eigenvalue weighted by Crippen LogP contribution is -2.30. The van der Waals surface area contributed by atoms with Gasteiger partial charge in [0.05, 0.1) is 0 Å². The van der Waals surface area contributed by atoms with Gasteiger partial charge in [0.2, 0.25) is 5.13 Å². The van der Waals surface area contributed by atoms with E-state index < -0.39 is 0 Å². The second kappa shape index (κ2) is 6.96. The minimum Gasteiger partial charge on any atom is -0.335 e. The summed E-state index contributed by atoms with van der Waals surface area (Å²) in [6.45, 7) is 4.05. The molecule has 3 N–H and O–H groups in total. The molecule has 1 heterocycles. The molecule has 0 bridgehead atoms. The second-order valence-electron chi connectivity index (χ2n) is 6.00. The van der Waals surface area contributed by atoms with Gasteiger partial charge in [-0.1, -0.05) is 25.2 Å². The van der Waals surface area contributed by atoms with E-state index in [-0.39, 0.29) is 17.9 Å². The van der Waals surface area contributed by atoms with Crippen LogP contribution in [0.15, 0.2) is 24.3 Å². The number of carbonyl (C=O) groups is 2. The lowest BCUT2D eigenvalue weighted by atomic mass is 10.2. The van der Waals surface area contributed by atoms with Crippen LogP contribution in [0.5, 0.6) is 0 Å². The highest BCUT2D eigenvalue weighted by atomic mass is 32.1. The van der Waals surface area contributed by atoms with Crippen molar-refractivity contribution < 1.29 is 9.59 Å². The van der Waals surface area contributed by atoms with E-state index in [4.69, 9.17) is 0 Å². The van der Waals surface area contributed by atoms with Gasteiger partial charge in [-0.05, 0) is 37.1 Å². The first-order valence-electron chi connectivity index (χ1n) is 7.83. The van der Waals surface area contributed by atoms with E-state index in [1.165, 1.54) is 11.3 Å². The first-order valence-corrected chi connectivity index (χ1v) is 8.65. The number of aromatic nitrogens is 2. The van der Waals surface area contributed by atoms with Crippen molar-refractivity contribution in [3.63, 3.8) is 0 Å². The molecule has 1 aliphatic rings. The molecular weight excluding hydrogens is 326 g/mol. The Labute approximate surface area is 143 Å². The van der Waals surface area contributed by atoms with E-state index in [0.717, 1.165) is 17.8 Å². The summed E-state index contributed by atoms with van der Waals surface area (Å²) in [6, 6.07) is 6.79. The van der Waals surface area contributed by atoms with E-state index in [9.17, 15) is 9.59 Å². The lowest BCUT2D eigenvalue weighted by Gasteiger charge is -2.07. The molecular formula is C16H19N5O2S. The topological polar surface area (TPSA) is 96.0 Å². The molecule has 1 aromatic carbocycles. The van der Waals surface area contributed by atoms with Crippen molar-refractivity contribution in [2.24, 2.45) is 0 Å². The Bertz CT molecular complexity index is 737. The summed E-state index contributed by atoms with van der Waals surface area (Å²) in [5, 5.41) is 17.7. The van der Waals surface area contributed by atoms with Gasteiger partial charge in [-0.25, -0.2) is 4.79 Å². The third-order valence-corrected chi connectivity index (χ3v) is 4.61. The van der Waals surface area contributed by atoms with Crippen LogP contribution in [0.2, 0.25) is 0 Å². The number of hydrogen-bond acceptors (Lipinski definition) is 5. The van der Waals surface area contributed by atoms with Gasteiger partial charge in [0.25, 0.3) is 5.91 Å². The quantitative estimate of drug-likeness (QED) is 0.775. The molecule has 3 amide bonds. The van der Waals surface area contributed by atoms with Gasteiger partial charge >= 0.3 is 6.03 Å². The van der Waals surface area contributed by atoms with Gasteiger partial charge < -0.3 is 10.6 Å². The molecule has 24 heavy (non-hydrogen) atoms. The van der Waals surface area contributed by atoms with E-state index in [0.29, 0.717) is 22.4 Å². The molecule has 1 aromatic heterocycles. The summed E-state index contributed by atoms with van der Waals surface area (Å²) in [6.07, 6.45) is 2.08. The fourth-order valence-electron chi connectivity index (χ4n) is 1.97. The minimum absolute atomic E-state index is 0.218. The average molecular weight is 345 g/mol. The molecule has 0 unspecified atom stereocenters. The van der Waals surface area contributed by atoms with Crippen molar-refractivity contribution in [1.82, 2.24) is 15.5 Å². The number of nitrogens with one attached hydrogen (secondary N) is 3. The van der Waals surface area contributed by atoms with Crippen molar-refractivity contribution in [3.8, 4) is 0 Å². The summed E-state index contributed by atoms with van der Waals surface area (Å²) in [4.78, 5) is 23.9. The normalized spacial score (nSPS) is 13.6. The fraction of sp³-hybridized carbons (Fsp3) is 0.375. The van der Waals surface area contributed by atoms with Gasteiger partial charge in [-0.3, -0.25) is 10.1 Å². The van der Waals surface area contributed by atoms with Crippen LogP contribution >= 0.6 is 11.3 Å². The van der Waals surface area contributed by atoms with Crippen molar-refractivity contribution in [3.05, 3.63) is 34.8 Å². The molecule has 3 rings (SSSR count). The number of hydrogen-bond donors (Lipinski definition) is 3. The van der Waals surface area contributed by atoms with Crippen LogP contribution in [0.4, 0.5) is 15.6 Å². The molecule has 1 aliphatic carbocycles. The zero-order valence-electron chi connectivity index (χ0n) is 13.5. The summed E-state index contributed by atoms with van der Waals surface area (Å²) in [5.41, 5.74) is 1.13. The van der Waals surface area contributed by atoms with E-state index in [2.05, 4.69) is 26.1 Å². The summed E-state index contributed by atoms with van der Waals surface area (Å²) < 4.78 is 0. The highest BCUT2D eigenvalue weighted by Crippen LogP contribution is 2.23. The summed E-state index contributed by atoms with van der Waals surface area (Å²) in [7, 11) is 0. The van der Waals surface area contributed by atoms with Gasteiger partial charge in [0, 0.05) is 23.2 Å². The Morgan fingerprint density at radius 2 is 1.83 bits per heavy atom. The Balaban J connectivity index is 1.57. The molecule has 0 radical (unpaired) electrons. The maximum atomic E-state index is 12.2. The molecule has 0 spiro atoms. The Morgan fingerprint density at radius 1 is 1.12 bits per heavy atom. The predicted molar refractivity (Wildman–Crippen MR) is 93.6 cm³/mol. The van der Waals surface area contributed by atoms with Crippen LogP contribution in [0.25, 0.3) is 0 Å². The number of amides is 3. The smallest absolute Gasteiger partial charge is 0.319 e. The number of benzene rings is 1. The third kappa shape index (κ3) is 4.29. The van der Waals surface area contributed by atoms with E-state index >= 15 is 0 Å². The van der Waals surface area contributed by atoms with Crippen molar-refractivity contribution >= 4 is 34.1 Å². The van der Waals surface area contributed by atoms with Crippen molar-refractivity contribution in [2.45, 2.75) is 38.6 Å². The van der Waals surface area contributed by atoms with Crippen LogP contribution in [0, 0.1) is 0 Å². The van der Waals surface area contributed by atoms with E-state index in [1.807, 2.05) is 13.8 Å². The standard InChI is InChI=1S/C16H19N5O2S/c1-9(2)14-20-21-16(24-14)19-13(22)10-3-5-11(6-4-10)17-15(23)18-12-7-8-12/h3-6,9,12H,7-8H2,1-2H3,(H2,17,18,23)(H,19,21,22). The van der Waals surface area contributed by atoms with Crippen LogP contribution in [0.3, 0.4) is 0 Å². The van der Waals surface area contributed by atoms with Gasteiger partial charge in [-0.15, -0.1) is 10.2 Å². The van der Waals surface area contributed by atoms with Gasteiger partial charge in [0.15, 0.2) is 0 Å². The first-order chi connectivity index (χ1) is 11.5. The highest BCUT2D eigenvalue weighted by molar-refractivity contribution is 7.15. The first kappa shape index (κ1) is 16.4. The van der Waals surface area contributed by atoms with Crippen LogP contribution in [-0.4, -0.2) is 28.2 Å². The second-order valence-corrected chi connectivity index (χ2v) is 7.01. The molecule has 1 saturated carbocycles. The predicted octanol–water partition coefficient (Wildman–Crippen LogP) is 3.20. The molecule has 126 valence electrons. The molecule has 7 nitrogen and oxygen atoms in total. The largest absolute Gasteiger partial charge is 0.335 e. The molecule has 0 atom stereocenters. The van der Waals surface area contributed by atoms with E-state index in [1.54, 1.807) is 24.3 Å².